The molecule has 0 aromatic carbocycles. The van der Waals surface area contributed by atoms with E-state index in [2.05, 4.69) is 55.1 Å². The van der Waals surface area contributed by atoms with Crippen LogP contribution in [0, 0.1) is 0 Å². The standard InChI is InChI=1S/C13H24N4/c1-13(2,3)10-9-12(14-4)16-11(15-10)7-8-17(5)6/h9H,7-8H2,1-6H3,(H,14,15,16). The number of anilines is 1. The maximum atomic E-state index is 4.65. The van der Waals surface area contributed by atoms with Gasteiger partial charge in [0.2, 0.25) is 0 Å². The summed E-state index contributed by atoms with van der Waals surface area (Å²) >= 11 is 0. The average molecular weight is 236 g/mol. The monoisotopic (exact) mass is 236 g/mol. The molecule has 0 spiro atoms. The third-order valence-electron chi connectivity index (χ3n) is 2.58. The molecule has 0 saturated carbocycles. The Morgan fingerprint density at radius 3 is 2.35 bits per heavy atom. The average Bonchev–Trinajstić information content (AvgIpc) is 2.24. The van der Waals surface area contributed by atoms with Crippen LogP contribution in [0.4, 0.5) is 5.82 Å². The summed E-state index contributed by atoms with van der Waals surface area (Å²) < 4.78 is 0. The predicted octanol–water partition coefficient (Wildman–Crippen LogP) is 1.92. The van der Waals surface area contributed by atoms with Gasteiger partial charge in [0.15, 0.2) is 0 Å². The van der Waals surface area contributed by atoms with Gasteiger partial charge in [-0.15, -0.1) is 0 Å². The Bertz CT molecular complexity index is 366. The summed E-state index contributed by atoms with van der Waals surface area (Å²) in [7, 11) is 6.02. The topological polar surface area (TPSA) is 41.1 Å². The molecule has 0 aliphatic carbocycles. The van der Waals surface area contributed by atoms with Gasteiger partial charge >= 0.3 is 0 Å². The number of nitrogens with zero attached hydrogens (tertiary/aromatic N) is 3. The molecule has 0 radical (unpaired) electrons. The normalized spacial score (nSPS) is 11.9. The van der Waals surface area contributed by atoms with Crippen LogP contribution in [0.2, 0.25) is 0 Å². The van der Waals surface area contributed by atoms with E-state index in [4.69, 9.17) is 0 Å². The molecule has 0 unspecified atom stereocenters. The van der Waals surface area contributed by atoms with Gasteiger partial charge in [0, 0.05) is 31.5 Å². The van der Waals surface area contributed by atoms with E-state index in [0.29, 0.717) is 0 Å². The molecule has 0 bridgehead atoms. The number of hydrogen-bond donors (Lipinski definition) is 1. The molecule has 96 valence electrons. The van der Waals surface area contributed by atoms with Gasteiger partial charge in [-0.2, -0.15) is 0 Å². The lowest BCUT2D eigenvalue weighted by Gasteiger charge is -2.19. The molecule has 0 amide bonds. The van der Waals surface area contributed by atoms with E-state index in [-0.39, 0.29) is 5.41 Å². The number of nitrogens with one attached hydrogen (secondary N) is 1. The van der Waals surface area contributed by atoms with E-state index in [1.165, 1.54) is 0 Å². The minimum atomic E-state index is 0.0570. The summed E-state index contributed by atoms with van der Waals surface area (Å²) in [6.07, 6.45) is 0.881. The van der Waals surface area contributed by atoms with Gasteiger partial charge in [0.05, 0.1) is 5.69 Å². The Hall–Kier alpha value is -1.16. The van der Waals surface area contributed by atoms with Crippen LogP contribution in [0.5, 0.6) is 0 Å². The van der Waals surface area contributed by atoms with Crippen molar-refractivity contribution < 1.29 is 0 Å². The number of aromatic nitrogens is 2. The lowest BCUT2D eigenvalue weighted by Crippen LogP contribution is -2.20. The van der Waals surface area contributed by atoms with Crippen molar-refractivity contribution in [3.8, 4) is 0 Å². The fourth-order valence-corrected chi connectivity index (χ4v) is 1.44. The Kier molecular flexibility index (Phi) is 4.46. The molecule has 0 fully saturated rings. The van der Waals surface area contributed by atoms with Gasteiger partial charge < -0.3 is 10.2 Å². The lowest BCUT2D eigenvalue weighted by molar-refractivity contribution is 0.408. The second-order valence-electron chi connectivity index (χ2n) is 5.61. The van der Waals surface area contributed by atoms with Crippen LogP contribution in [0.3, 0.4) is 0 Å². The zero-order valence-corrected chi connectivity index (χ0v) is 11.8. The first kappa shape index (κ1) is 13.9. The Morgan fingerprint density at radius 1 is 1.24 bits per heavy atom. The van der Waals surface area contributed by atoms with Crippen LogP contribution in [0.15, 0.2) is 6.07 Å². The zero-order valence-electron chi connectivity index (χ0n) is 11.8. The zero-order chi connectivity index (χ0) is 13.1. The van der Waals surface area contributed by atoms with E-state index >= 15 is 0 Å². The van der Waals surface area contributed by atoms with Crippen molar-refractivity contribution in [3.63, 3.8) is 0 Å². The fraction of sp³-hybridized carbons (Fsp3) is 0.692. The van der Waals surface area contributed by atoms with Crippen LogP contribution in [-0.2, 0) is 11.8 Å². The molecule has 4 heteroatoms. The largest absolute Gasteiger partial charge is 0.373 e. The smallest absolute Gasteiger partial charge is 0.132 e. The van der Waals surface area contributed by atoms with Crippen molar-refractivity contribution in [2.75, 3.05) is 33.0 Å². The molecule has 0 saturated heterocycles. The third kappa shape index (κ3) is 4.30. The molecular weight excluding hydrogens is 212 g/mol. The highest BCUT2D eigenvalue weighted by Gasteiger charge is 2.17. The fourth-order valence-electron chi connectivity index (χ4n) is 1.44. The summed E-state index contributed by atoms with van der Waals surface area (Å²) in [5, 5.41) is 3.10. The van der Waals surface area contributed by atoms with Crippen LogP contribution < -0.4 is 5.32 Å². The molecular formula is C13H24N4. The summed E-state index contributed by atoms with van der Waals surface area (Å²) in [5.41, 5.74) is 1.15. The molecule has 1 aromatic rings. The maximum absolute atomic E-state index is 4.65. The molecule has 1 heterocycles. The summed E-state index contributed by atoms with van der Waals surface area (Å²) in [6.45, 7) is 7.48. The molecule has 1 N–H and O–H groups in total. The highest BCUT2D eigenvalue weighted by Crippen LogP contribution is 2.22. The van der Waals surface area contributed by atoms with E-state index in [0.717, 1.165) is 30.3 Å². The van der Waals surface area contributed by atoms with Crippen molar-refractivity contribution in [1.29, 1.82) is 0 Å². The molecule has 0 aliphatic rings. The van der Waals surface area contributed by atoms with Crippen molar-refractivity contribution in [1.82, 2.24) is 14.9 Å². The minimum absolute atomic E-state index is 0.0570. The quantitative estimate of drug-likeness (QED) is 0.867. The second-order valence-corrected chi connectivity index (χ2v) is 5.61. The van der Waals surface area contributed by atoms with Gasteiger partial charge in [0.25, 0.3) is 0 Å². The number of likely N-dealkylation sites (N-methyl/N-ethyl adjacent to an activating group) is 1. The van der Waals surface area contributed by atoms with E-state index < -0.39 is 0 Å². The van der Waals surface area contributed by atoms with Gasteiger partial charge in [-0.05, 0) is 14.1 Å². The lowest BCUT2D eigenvalue weighted by atomic mass is 9.92. The molecule has 4 nitrogen and oxygen atoms in total. The SMILES string of the molecule is CNc1cc(C(C)(C)C)nc(CCN(C)C)n1. The first-order valence-corrected chi connectivity index (χ1v) is 6.04. The Labute approximate surface area is 104 Å². The van der Waals surface area contributed by atoms with Gasteiger partial charge in [-0.25, -0.2) is 9.97 Å². The third-order valence-corrected chi connectivity index (χ3v) is 2.58. The van der Waals surface area contributed by atoms with Crippen molar-refractivity contribution in [3.05, 3.63) is 17.6 Å². The summed E-state index contributed by atoms with van der Waals surface area (Å²) in [4.78, 5) is 11.3. The first-order valence-electron chi connectivity index (χ1n) is 6.04. The molecule has 0 aliphatic heterocycles. The summed E-state index contributed by atoms with van der Waals surface area (Å²) in [6, 6.07) is 2.03. The van der Waals surface area contributed by atoms with E-state index in [1.54, 1.807) is 0 Å². The van der Waals surface area contributed by atoms with Gasteiger partial charge in [-0.1, -0.05) is 20.8 Å². The molecule has 17 heavy (non-hydrogen) atoms. The van der Waals surface area contributed by atoms with Crippen molar-refractivity contribution >= 4 is 5.82 Å². The van der Waals surface area contributed by atoms with Crippen LogP contribution in [0.1, 0.15) is 32.3 Å². The molecule has 1 aromatic heterocycles. The van der Waals surface area contributed by atoms with Gasteiger partial charge in [0.1, 0.15) is 11.6 Å². The van der Waals surface area contributed by atoms with Crippen LogP contribution in [0.25, 0.3) is 0 Å². The minimum Gasteiger partial charge on any atom is -0.373 e. The number of hydrogen-bond acceptors (Lipinski definition) is 4. The van der Waals surface area contributed by atoms with E-state index in [9.17, 15) is 0 Å². The van der Waals surface area contributed by atoms with Gasteiger partial charge in [-0.3, -0.25) is 0 Å². The highest BCUT2D eigenvalue weighted by atomic mass is 15.1. The highest BCUT2D eigenvalue weighted by molar-refractivity contribution is 5.37. The summed E-state index contributed by atoms with van der Waals surface area (Å²) in [5.74, 6) is 1.81. The first-order chi connectivity index (χ1) is 7.82. The van der Waals surface area contributed by atoms with Crippen molar-refractivity contribution in [2.24, 2.45) is 0 Å². The molecule has 1 rings (SSSR count). The van der Waals surface area contributed by atoms with Crippen LogP contribution in [-0.4, -0.2) is 42.6 Å². The molecule has 0 atom stereocenters. The Morgan fingerprint density at radius 2 is 1.88 bits per heavy atom. The van der Waals surface area contributed by atoms with Crippen molar-refractivity contribution in [2.45, 2.75) is 32.6 Å². The maximum Gasteiger partial charge on any atom is 0.132 e. The number of rotatable bonds is 4. The van der Waals surface area contributed by atoms with E-state index in [1.807, 2.05) is 13.1 Å². The van der Waals surface area contributed by atoms with Crippen LogP contribution >= 0.6 is 0 Å². The Balaban J connectivity index is 2.97. The second kappa shape index (κ2) is 5.45. The predicted molar refractivity (Wildman–Crippen MR) is 72.5 cm³/mol.